The maximum atomic E-state index is 12.7. The van der Waals surface area contributed by atoms with Gasteiger partial charge < -0.3 is 19.6 Å². The number of fused-ring (bicyclic) bond motifs is 3. The van der Waals surface area contributed by atoms with Gasteiger partial charge in [0.25, 0.3) is 0 Å². The molecule has 0 radical (unpaired) electrons. The van der Waals surface area contributed by atoms with Crippen LogP contribution < -0.4 is 5.32 Å². The van der Waals surface area contributed by atoms with E-state index in [1.54, 1.807) is 13.8 Å². The molecule has 0 aliphatic heterocycles. The number of carboxylic acids is 1. The second-order valence-electron chi connectivity index (χ2n) is 9.48. The highest BCUT2D eigenvalue weighted by Gasteiger charge is 2.44. The van der Waals surface area contributed by atoms with Crippen LogP contribution in [0.5, 0.6) is 0 Å². The van der Waals surface area contributed by atoms with E-state index in [2.05, 4.69) is 29.3 Å². The number of rotatable bonds is 7. The molecule has 0 unspecified atom stereocenters. The Balaban J connectivity index is 1.77. The number of hydrogen-bond donors (Lipinski definition) is 2. The molecule has 0 saturated heterocycles. The Kier molecular flexibility index (Phi) is 6.61. The van der Waals surface area contributed by atoms with Gasteiger partial charge in [0.05, 0.1) is 27.7 Å². The number of carbonyl (C=O) groups excluding carboxylic acids is 1. The van der Waals surface area contributed by atoms with E-state index in [1.165, 1.54) is 0 Å². The molecule has 0 spiro atoms. The molecule has 0 bridgehead atoms. The van der Waals surface area contributed by atoms with Gasteiger partial charge in [-0.15, -0.1) is 5.92 Å². The van der Waals surface area contributed by atoms with Crippen molar-refractivity contribution >= 4 is 12.1 Å². The van der Waals surface area contributed by atoms with Gasteiger partial charge in [-0.3, -0.25) is 0 Å². The summed E-state index contributed by atoms with van der Waals surface area (Å²) in [6.07, 6.45) is -0.759. The fourth-order valence-electron chi connectivity index (χ4n) is 4.73. The van der Waals surface area contributed by atoms with E-state index in [1.807, 2.05) is 57.5 Å². The number of nitrogens with one attached hydrogen (secondary N) is 1. The second-order valence-corrected chi connectivity index (χ2v) is 9.48. The Morgan fingerprint density at radius 1 is 1.09 bits per heavy atom. The van der Waals surface area contributed by atoms with E-state index in [-0.39, 0.29) is 12.5 Å². The number of hydrogen-bond acceptors (Lipinski definition) is 3. The van der Waals surface area contributed by atoms with Crippen LogP contribution in [0.3, 0.4) is 0 Å². The predicted molar refractivity (Wildman–Crippen MR) is 124 cm³/mol. The molecule has 0 aromatic heterocycles. The molecule has 0 fully saturated rings. The van der Waals surface area contributed by atoms with Crippen molar-refractivity contribution in [3.63, 3.8) is 0 Å². The first-order valence-electron chi connectivity index (χ1n) is 10.6. The zero-order valence-electron chi connectivity index (χ0n) is 19.3. The Morgan fingerprint density at radius 3 is 2.09 bits per heavy atom. The minimum Gasteiger partial charge on any atom is -0.480 e. The number of aliphatic carboxylic acids is 1. The van der Waals surface area contributed by atoms with Gasteiger partial charge in [-0.1, -0.05) is 54.5 Å². The minimum atomic E-state index is -1.21. The number of amides is 1. The van der Waals surface area contributed by atoms with Crippen molar-refractivity contribution < 1.29 is 23.9 Å². The molecule has 1 aliphatic rings. The monoisotopic (exact) mass is 435 g/mol. The molecular weight excluding hydrogens is 404 g/mol. The molecule has 6 nitrogen and oxygen atoms in total. The lowest BCUT2D eigenvalue weighted by atomic mass is 9.81. The fraction of sp³-hybridized carbons (Fsp3) is 0.385. The zero-order chi connectivity index (χ0) is 23.5. The fourth-order valence-corrected chi connectivity index (χ4v) is 4.73. The second kappa shape index (κ2) is 9.05. The standard InChI is InChI=1S/C26H30N2O4/c1-6-15-26(2,17-28(3,4)5)23(24(29)30)27-25(31)32-16-22-20-13-9-7-11-18(20)19-12-8-10-14-21(19)22/h7-14,22-23H,16-17H2,1-5H3,(H-,27,29,30,31)/p+1/t23-,26-/m1/s1. The smallest absolute Gasteiger partial charge is 0.407 e. The predicted octanol–water partition coefficient (Wildman–Crippen LogP) is 3.71. The summed E-state index contributed by atoms with van der Waals surface area (Å²) < 4.78 is 6.06. The van der Waals surface area contributed by atoms with Crippen molar-refractivity contribution in [1.82, 2.24) is 5.32 Å². The number of nitrogens with zero attached hydrogens (tertiary/aromatic N) is 1. The van der Waals surface area contributed by atoms with E-state index in [0.29, 0.717) is 11.0 Å². The number of benzene rings is 2. The largest absolute Gasteiger partial charge is 0.480 e. The average molecular weight is 436 g/mol. The summed E-state index contributed by atoms with van der Waals surface area (Å²) in [5.74, 6) is 4.60. The third-order valence-electron chi connectivity index (χ3n) is 5.70. The molecule has 2 aromatic rings. The van der Waals surface area contributed by atoms with Gasteiger partial charge >= 0.3 is 12.1 Å². The number of alkyl carbamates (subject to hydrolysis) is 1. The molecule has 168 valence electrons. The van der Waals surface area contributed by atoms with Crippen LogP contribution in [-0.2, 0) is 9.53 Å². The molecule has 0 saturated carbocycles. The molecule has 2 atom stereocenters. The van der Waals surface area contributed by atoms with Crippen LogP contribution in [0.1, 0.15) is 30.9 Å². The minimum absolute atomic E-state index is 0.0931. The van der Waals surface area contributed by atoms with E-state index in [9.17, 15) is 14.7 Å². The highest BCUT2D eigenvalue weighted by Crippen LogP contribution is 2.44. The van der Waals surface area contributed by atoms with Gasteiger partial charge in [0.2, 0.25) is 0 Å². The lowest BCUT2D eigenvalue weighted by Gasteiger charge is -2.37. The maximum absolute atomic E-state index is 12.7. The SMILES string of the molecule is CC#C[C@](C)(C[N+](C)(C)C)[C@H](NC(=O)OCC1c2ccccc2-c2ccccc21)C(=O)O. The summed E-state index contributed by atoms with van der Waals surface area (Å²) in [7, 11) is 5.88. The van der Waals surface area contributed by atoms with Crippen LogP contribution in [0.25, 0.3) is 11.1 Å². The Hall–Kier alpha value is -3.30. The van der Waals surface area contributed by atoms with Gasteiger partial charge in [-0.2, -0.15) is 0 Å². The summed E-state index contributed by atoms with van der Waals surface area (Å²) in [5.41, 5.74) is 3.50. The molecular formula is C26H31N2O4+. The van der Waals surface area contributed by atoms with Crippen molar-refractivity contribution in [2.45, 2.75) is 25.8 Å². The Morgan fingerprint density at radius 2 is 1.62 bits per heavy atom. The van der Waals surface area contributed by atoms with Crippen LogP contribution >= 0.6 is 0 Å². The third-order valence-corrected chi connectivity index (χ3v) is 5.70. The van der Waals surface area contributed by atoms with Crippen molar-refractivity contribution in [2.24, 2.45) is 5.41 Å². The lowest BCUT2D eigenvalue weighted by Crippen LogP contribution is -2.57. The van der Waals surface area contributed by atoms with E-state index in [0.717, 1.165) is 22.3 Å². The quantitative estimate of drug-likeness (QED) is 0.514. The maximum Gasteiger partial charge on any atom is 0.407 e. The normalized spacial score (nSPS) is 15.4. The summed E-state index contributed by atoms with van der Waals surface area (Å²) in [6, 6.07) is 14.9. The van der Waals surface area contributed by atoms with Gasteiger partial charge in [0.1, 0.15) is 12.0 Å². The Bertz CT molecular complexity index is 1030. The third kappa shape index (κ3) is 4.95. The highest BCUT2D eigenvalue weighted by atomic mass is 16.5. The topological polar surface area (TPSA) is 75.6 Å². The van der Waals surface area contributed by atoms with Crippen molar-refractivity contribution in [3.8, 4) is 23.0 Å². The van der Waals surface area contributed by atoms with Crippen LogP contribution in [-0.4, -0.2) is 62.0 Å². The highest BCUT2D eigenvalue weighted by molar-refractivity contribution is 5.82. The summed E-state index contributed by atoms with van der Waals surface area (Å²) >= 11 is 0. The van der Waals surface area contributed by atoms with Gasteiger partial charge in [-0.05, 0) is 36.1 Å². The zero-order valence-corrected chi connectivity index (χ0v) is 19.3. The first-order valence-corrected chi connectivity index (χ1v) is 10.6. The molecule has 3 rings (SSSR count). The van der Waals surface area contributed by atoms with E-state index < -0.39 is 23.5 Å². The number of carboxylic acid groups (broad SMARTS) is 1. The lowest BCUT2D eigenvalue weighted by molar-refractivity contribution is -0.876. The molecule has 2 N–H and O–H groups in total. The van der Waals surface area contributed by atoms with E-state index in [4.69, 9.17) is 4.74 Å². The Labute approximate surface area is 189 Å². The van der Waals surface area contributed by atoms with Gasteiger partial charge in [0, 0.05) is 5.92 Å². The van der Waals surface area contributed by atoms with Crippen molar-refractivity contribution in [2.75, 3.05) is 34.3 Å². The number of carbonyl (C=O) groups is 2. The first kappa shape index (κ1) is 23.4. The van der Waals surface area contributed by atoms with Gasteiger partial charge in [0.15, 0.2) is 6.04 Å². The van der Waals surface area contributed by atoms with E-state index >= 15 is 0 Å². The molecule has 1 amide bonds. The van der Waals surface area contributed by atoms with Crippen molar-refractivity contribution in [3.05, 3.63) is 59.7 Å². The molecule has 2 aromatic carbocycles. The van der Waals surface area contributed by atoms with Crippen LogP contribution in [0, 0.1) is 17.3 Å². The first-order chi connectivity index (χ1) is 15.1. The molecule has 0 heterocycles. The van der Waals surface area contributed by atoms with Crippen molar-refractivity contribution in [1.29, 1.82) is 0 Å². The summed E-state index contributed by atoms with van der Waals surface area (Å²) in [5, 5.41) is 12.4. The van der Waals surface area contributed by atoms with Gasteiger partial charge in [-0.25, -0.2) is 9.59 Å². The molecule has 32 heavy (non-hydrogen) atoms. The van der Waals surface area contributed by atoms with Crippen LogP contribution in [0.15, 0.2) is 48.5 Å². The summed E-state index contributed by atoms with van der Waals surface area (Å²) in [6.45, 7) is 3.99. The molecule has 1 aliphatic carbocycles. The number of ether oxygens (including phenoxy) is 1. The van der Waals surface area contributed by atoms with Crippen LogP contribution in [0.2, 0.25) is 0 Å². The summed E-state index contributed by atoms with van der Waals surface area (Å²) in [4.78, 5) is 24.8. The van der Waals surface area contributed by atoms with Crippen LogP contribution in [0.4, 0.5) is 4.79 Å². The molecule has 6 heteroatoms. The number of quaternary nitrogens is 1. The average Bonchev–Trinajstić information content (AvgIpc) is 3.03.